The van der Waals surface area contributed by atoms with Crippen LogP contribution in [0.25, 0.3) is 0 Å². The van der Waals surface area contributed by atoms with E-state index in [1.807, 2.05) is 0 Å². The zero-order chi connectivity index (χ0) is 14.6. The van der Waals surface area contributed by atoms with Crippen molar-refractivity contribution in [3.8, 4) is 0 Å². The Labute approximate surface area is 119 Å². The van der Waals surface area contributed by atoms with E-state index in [1.165, 1.54) is 11.0 Å². The van der Waals surface area contributed by atoms with Gasteiger partial charge < -0.3 is 10.0 Å². The maximum Gasteiger partial charge on any atom is 0.323 e. The summed E-state index contributed by atoms with van der Waals surface area (Å²) in [5.41, 5.74) is -0.0242. The van der Waals surface area contributed by atoms with Crippen molar-refractivity contribution in [3.63, 3.8) is 0 Å². The molecule has 0 amide bonds. The van der Waals surface area contributed by atoms with E-state index < -0.39 is 10.9 Å². The highest BCUT2D eigenvalue weighted by Gasteiger charge is 2.20. The topological polar surface area (TPSA) is 83.7 Å². The van der Waals surface area contributed by atoms with E-state index in [9.17, 15) is 14.9 Å². The van der Waals surface area contributed by atoms with Crippen LogP contribution in [0.5, 0.6) is 0 Å². The van der Waals surface area contributed by atoms with Crippen molar-refractivity contribution in [3.05, 3.63) is 44.9 Å². The summed E-state index contributed by atoms with van der Waals surface area (Å²) in [6, 6.07) is 2.25. The molecule has 0 bridgehead atoms. The molecule has 0 fully saturated rings. The number of benzene rings is 1. The number of carbonyl (C=O) groups is 1. The van der Waals surface area contributed by atoms with Crippen molar-refractivity contribution < 1.29 is 14.8 Å². The third-order valence-corrected chi connectivity index (χ3v) is 2.78. The number of nitrogens with zero attached hydrogens (tertiary/aromatic N) is 2. The fourth-order valence-corrected chi connectivity index (χ4v) is 2.23. The van der Waals surface area contributed by atoms with E-state index in [-0.39, 0.29) is 34.5 Å². The molecule has 1 rings (SSSR count). The Morgan fingerprint density at radius 3 is 2.37 bits per heavy atom. The normalized spacial score (nSPS) is 10.0. The minimum absolute atomic E-state index is 0.0160. The molecule has 0 radical (unpaired) electrons. The van der Waals surface area contributed by atoms with Gasteiger partial charge in [-0.3, -0.25) is 14.9 Å². The maximum atomic E-state index is 10.8. The second-order valence-corrected chi connectivity index (χ2v) is 4.39. The molecule has 102 valence electrons. The molecule has 1 aromatic rings. The maximum absolute atomic E-state index is 10.8. The van der Waals surface area contributed by atoms with Gasteiger partial charge in [0.05, 0.1) is 20.7 Å². The van der Waals surface area contributed by atoms with Crippen molar-refractivity contribution in [2.75, 3.05) is 18.0 Å². The van der Waals surface area contributed by atoms with E-state index in [0.29, 0.717) is 0 Å². The molecule has 19 heavy (non-hydrogen) atoms. The van der Waals surface area contributed by atoms with Crippen LogP contribution in [-0.4, -0.2) is 29.1 Å². The molecule has 0 unspecified atom stereocenters. The lowest BCUT2D eigenvalue weighted by Crippen LogP contribution is -2.30. The largest absolute Gasteiger partial charge is 0.480 e. The van der Waals surface area contributed by atoms with Gasteiger partial charge in [-0.15, -0.1) is 6.58 Å². The minimum atomic E-state index is -1.08. The highest BCUT2D eigenvalue weighted by molar-refractivity contribution is 6.39. The first-order valence-electron chi connectivity index (χ1n) is 5.08. The molecule has 8 heteroatoms. The van der Waals surface area contributed by atoms with Crippen LogP contribution >= 0.6 is 23.2 Å². The van der Waals surface area contributed by atoms with Gasteiger partial charge in [-0.2, -0.15) is 0 Å². The Bertz CT molecular complexity index is 510. The lowest BCUT2D eigenvalue weighted by atomic mass is 10.2. The summed E-state index contributed by atoms with van der Waals surface area (Å²) < 4.78 is 0. The fraction of sp³-hybridized carbons (Fsp3) is 0.182. The number of anilines is 1. The fourth-order valence-electron chi connectivity index (χ4n) is 1.51. The number of aliphatic carboxylic acids is 1. The standard InChI is InChI=1S/C11H10Cl2N2O4/c1-2-3-14(6-10(16)17)11-8(12)4-7(15(18)19)5-9(11)13/h2,4-5H,1,3,6H2,(H,16,17). The van der Waals surface area contributed by atoms with Crippen LogP contribution in [-0.2, 0) is 4.79 Å². The van der Waals surface area contributed by atoms with Gasteiger partial charge in [-0.1, -0.05) is 29.3 Å². The highest BCUT2D eigenvalue weighted by atomic mass is 35.5. The molecular formula is C11H10Cl2N2O4. The Morgan fingerprint density at radius 2 is 2.00 bits per heavy atom. The van der Waals surface area contributed by atoms with Gasteiger partial charge in [-0.25, -0.2) is 0 Å². The molecule has 1 N–H and O–H groups in total. The number of halogens is 2. The number of non-ortho nitro benzene ring substituents is 1. The van der Waals surface area contributed by atoms with E-state index in [0.717, 1.165) is 12.1 Å². The number of hydrogen-bond donors (Lipinski definition) is 1. The van der Waals surface area contributed by atoms with Crippen molar-refractivity contribution >= 4 is 40.5 Å². The smallest absolute Gasteiger partial charge is 0.323 e. The second-order valence-electron chi connectivity index (χ2n) is 3.58. The number of nitro benzene ring substituents is 1. The van der Waals surface area contributed by atoms with Crippen LogP contribution in [0.4, 0.5) is 11.4 Å². The lowest BCUT2D eigenvalue weighted by Gasteiger charge is -2.23. The number of carboxylic acid groups (broad SMARTS) is 1. The van der Waals surface area contributed by atoms with Crippen molar-refractivity contribution in [2.24, 2.45) is 0 Å². The molecular weight excluding hydrogens is 295 g/mol. The first-order valence-corrected chi connectivity index (χ1v) is 5.83. The van der Waals surface area contributed by atoms with Crippen LogP contribution in [0.1, 0.15) is 0 Å². The third-order valence-electron chi connectivity index (χ3n) is 2.20. The zero-order valence-corrected chi connectivity index (χ0v) is 11.2. The average Bonchev–Trinajstić information content (AvgIpc) is 2.27. The molecule has 0 atom stereocenters. The summed E-state index contributed by atoms with van der Waals surface area (Å²) in [6.07, 6.45) is 1.48. The van der Waals surface area contributed by atoms with Gasteiger partial charge in [0.25, 0.3) is 5.69 Å². The van der Waals surface area contributed by atoms with Crippen LogP contribution in [0.15, 0.2) is 24.8 Å². The molecule has 1 aromatic carbocycles. The lowest BCUT2D eigenvalue weighted by molar-refractivity contribution is -0.384. The summed E-state index contributed by atoms with van der Waals surface area (Å²) >= 11 is 11.9. The Hall–Kier alpha value is -1.79. The average molecular weight is 305 g/mol. The highest BCUT2D eigenvalue weighted by Crippen LogP contribution is 2.37. The second kappa shape index (κ2) is 6.40. The van der Waals surface area contributed by atoms with Gasteiger partial charge in [-0.05, 0) is 0 Å². The monoisotopic (exact) mass is 304 g/mol. The summed E-state index contributed by atoms with van der Waals surface area (Å²) in [5, 5.41) is 19.5. The SMILES string of the molecule is C=CCN(CC(=O)O)c1c(Cl)cc([N+](=O)[O-])cc1Cl. The molecule has 0 saturated carbocycles. The first kappa shape index (κ1) is 15.3. The van der Waals surface area contributed by atoms with Crippen molar-refractivity contribution in [1.82, 2.24) is 0 Å². The van der Waals surface area contributed by atoms with Gasteiger partial charge in [0, 0.05) is 18.7 Å². The van der Waals surface area contributed by atoms with Gasteiger partial charge >= 0.3 is 5.97 Å². The van der Waals surface area contributed by atoms with E-state index >= 15 is 0 Å². The number of rotatable bonds is 6. The summed E-state index contributed by atoms with van der Waals surface area (Å²) in [5.74, 6) is -1.08. The minimum Gasteiger partial charge on any atom is -0.480 e. The zero-order valence-electron chi connectivity index (χ0n) is 9.68. The first-order chi connectivity index (χ1) is 8.86. The van der Waals surface area contributed by atoms with Gasteiger partial charge in [0.2, 0.25) is 0 Å². The molecule has 0 saturated heterocycles. The quantitative estimate of drug-likeness (QED) is 0.496. The number of carboxylic acids is 1. The van der Waals surface area contributed by atoms with E-state index in [4.69, 9.17) is 28.3 Å². The summed E-state index contributed by atoms with van der Waals surface area (Å²) in [4.78, 5) is 22.2. The van der Waals surface area contributed by atoms with Crippen molar-refractivity contribution in [2.45, 2.75) is 0 Å². The van der Waals surface area contributed by atoms with Gasteiger partial charge in [0.15, 0.2) is 0 Å². The molecule has 0 aromatic heterocycles. The molecule has 0 aliphatic carbocycles. The Kier molecular flexibility index (Phi) is 5.14. The van der Waals surface area contributed by atoms with Crippen LogP contribution in [0, 0.1) is 10.1 Å². The van der Waals surface area contributed by atoms with Gasteiger partial charge in [0.1, 0.15) is 6.54 Å². The summed E-state index contributed by atoms with van der Waals surface area (Å²) in [7, 11) is 0. The Morgan fingerprint density at radius 1 is 1.47 bits per heavy atom. The predicted molar refractivity (Wildman–Crippen MR) is 73.2 cm³/mol. The van der Waals surface area contributed by atoms with Crippen LogP contribution in [0.3, 0.4) is 0 Å². The molecule has 0 heterocycles. The molecule has 0 aliphatic rings. The van der Waals surface area contributed by atoms with Crippen molar-refractivity contribution in [1.29, 1.82) is 0 Å². The molecule has 0 spiro atoms. The third kappa shape index (κ3) is 3.84. The van der Waals surface area contributed by atoms with E-state index in [2.05, 4.69) is 6.58 Å². The van der Waals surface area contributed by atoms with Crippen LogP contribution in [0.2, 0.25) is 10.0 Å². The summed E-state index contributed by atoms with van der Waals surface area (Å²) in [6.45, 7) is 3.36. The van der Waals surface area contributed by atoms with E-state index in [1.54, 1.807) is 0 Å². The molecule has 0 aliphatic heterocycles. The predicted octanol–water partition coefficient (Wildman–Crippen LogP) is 2.98. The number of nitro groups is 1. The number of hydrogen-bond acceptors (Lipinski definition) is 4. The molecule has 6 nitrogen and oxygen atoms in total. The Balaban J connectivity index is 3.26. The van der Waals surface area contributed by atoms with Crippen LogP contribution < -0.4 is 4.90 Å².